The van der Waals surface area contributed by atoms with E-state index in [4.69, 9.17) is 5.73 Å². The molecule has 9 heavy (non-hydrogen) atoms. The Bertz CT molecular complexity index is 165. The van der Waals surface area contributed by atoms with E-state index in [0.717, 1.165) is 11.3 Å². The zero-order chi connectivity index (χ0) is 5.98. The first-order valence-electron chi connectivity index (χ1n) is 2.62. The molecule has 0 unspecified atom stereocenters. The molecule has 0 saturated carbocycles. The summed E-state index contributed by atoms with van der Waals surface area (Å²) in [5.41, 5.74) is 7.53. The Hall–Kier alpha value is -0.448. The summed E-state index contributed by atoms with van der Waals surface area (Å²) in [6, 6.07) is 7.80. The van der Waals surface area contributed by atoms with Crippen molar-refractivity contribution in [2.75, 3.05) is 5.73 Å². The van der Waals surface area contributed by atoms with Crippen LogP contribution in [0.5, 0.6) is 0 Å². The number of aryl methyl sites for hydroxylation is 1. The van der Waals surface area contributed by atoms with Crippen LogP contribution in [0.4, 0.5) is 5.69 Å². The number of hydrogen-bond acceptors (Lipinski definition) is 1. The second kappa shape index (κ2) is 3.55. The topological polar surface area (TPSA) is 26.0 Å². The molecular formula is C7H9CrN. The van der Waals surface area contributed by atoms with Crippen LogP contribution in [0, 0.1) is 6.92 Å². The van der Waals surface area contributed by atoms with Crippen LogP contribution in [0.2, 0.25) is 0 Å². The predicted molar refractivity (Wildman–Crippen MR) is 35.6 cm³/mol. The van der Waals surface area contributed by atoms with Crippen LogP contribution >= 0.6 is 0 Å². The average molecular weight is 159 g/mol. The third-order valence-electron chi connectivity index (χ3n) is 1.19. The fourth-order valence-electron chi connectivity index (χ4n) is 0.587. The number of anilines is 1. The van der Waals surface area contributed by atoms with Crippen molar-refractivity contribution in [2.24, 2.45) is 0 Å². The first-order chi connectivity index (χ1) is 3.80. The Morgan fingerprint density at radius 2 is 1.78 bits per heavy atom. The average Bonchev–Trinajstić information content (AvgIpc) is 1.77. The largest absolute Gasteiger partial charge is 0.399 e. The summed E-state index contributed by atoms with van der Waals surface area (Å²) in [5.74, 6) is 0. The van der Waals surface area contributed by atoms with E-state index in [1.54, 1.807) is 0 Å². The Morgan fingerprint density at radius 3 is 2.11 bits per heavy atom. The molecule has 48 valence electrons. The van der Waals surface area contributed by atoms with Crippen LogP contribution in [0.25, 0.3) is 0 Å². The van der Waals surface area contributed by atoms with E-state index in [1.807, 2.05) is 31.2 Å². The summed E-state index contributed by atoms with van der Waals surface area (Å²) >= 11 is 0. The maximum atomic E-state index is 5.52. The minimum absolute atomic E-state index is 0. The summed E-state index contributed by atoms with van der Waals surface area (Å²) < 4.78 is 0. The van der Waals surface area contributed by atoms with Crippen molar-refractivity contribution in [3.63, 3.8) is 0 Å². The molecule has 0 saturated heterocycles. The van der Waals surface area contributed by atoms with E-state index in [2.05, 4.69) is 0 Å². The number of rotatable bonds is 0. The van der Waals surface area contributed by atoms with Gasteiger partial charge in [0.15, 0.2) is 0 Å². The van der Waals surface area contributed by atoms with Crippen LogP contribution in [0.3, 0.4) is 0 Å². The zero-order valence-electron chi connectivity index (χ0n) is 5.29. The van der Waals surface area contributed by atoms with Crippen LogP contribution in [0.15, 0.2) is 24.3 Å². The van der Waals surface area contributed by atoms with Crippen molar-refractivity contribution < 1.29 is 17.4 Å². The van der Waals surface area contributed by atoms with Gasteiger partial charge in [-0.2, -0.15) is 0 Å². The van der Waals surface area contributed by atoms with Crippen molar-refractivity contribution in [2.45, 2.75) is 6.92 Å². The summed E-state index contributed by atoms with van der Waals surface area (Å²) in [7, 11) is 0. The quantitative estimate of drug-likeness (QED) is 0.571. The monoisotopic (exact) mass is 159 g/mol. The van der Waals surface area contributed by atoms with E-state index in [9.17, 15) is 0 Å². The molecule has 0 aromatic heterocycles. The number of benzene rings is 1. The maximum absolute atomic E-state index is 5.52. The third-order valence-corrected chi connectivity index (χ3v) is 1.19. The van der Waals surface area contributed by atoms with Crippen LogP contribution in [-0.2, 0) is 17.4 Å². The first kappa shape index (κ1) is 8.55. The normalized spacial score (nSPS) is 8.11. The van der Waals surface area contributed by atoms with E-state index in [-0.39, 0.29) is 17.4 Å². The number of hydrogen-bond donors (Lipinski definition) is 1. The van der Waals surface area contributed by atoms with Gasteiger partial charge in [0.1, 0.15) is 0 Å². The SMILES string of the molecule is Cc1ccccc1N.[Cr]. The van der Waals surface area contributed by atoms with Crippen LogP contribution in [-0.4, -0.2) is 0 Å². The summed E-state index contributed by atoms with van der Waals surface area (Å²) in [6.07, 6.45) is 0. The van der Waals surface area contributed by atoms with Gasteiger partial charge in [0, 0.05) is 23.0 Å². The van der Waals surface area contributed by atoms with Crippen molar-refractivity contribution in [1.82, 2.24) is 0 Å². The molecule has 0 heterocycles. The summed E-state index contributed by atoms with van der Waals surface area (Å²) in [6.45, 7) is 2.00. The summed E-state index contributed by atoms with van der Waals surface area (Å²) in [5, 5.41) is 0. The molecule has 2 N–H and O–H groups in total. The van der Waals surface area contributed by atoms with Gasteiger partial charge in [-0.3, -0.25) is 0 Å². The molecule has 0 aliphatic rings. The Labute approximate surface area is 66.0 Å². The standard InChI is InChI=1S/C7H9N.Cr/c1-6-4-2-3-5-7(6)8;/h2-5H,8H2,1H3;. The van der Waals surface area contributed by atoms with Gasteiger partial charge < -0.3 is 5.73 Å². The van der Waals surface area contributed by atoms with E-state index < -0.39 is 0 Å². The Kier molecular flexibility index (Phi) is 3.38. The molecule has 0 aliphatic heterocycles. The molecule has 0 spiro atoms. The van der Waals surface area contributed by atoms with Gasteiger partial charge in [-0.25, -0.2) is 0 Å². The first-order valence-corrected chi connectivity index (χ1v) is 2.62. The molecule has 1 nitrogen and oxygen atoms in total. The van der Waals surface area contributed by atoms with E-state index >= 15 is 0 Å². The van der Waals surface area contributed by atoms with E-state index in [0.29, 0.717) is 0 Å². The maximum Gasteiger partial charge on any atom is 0.0343 e. The van der Waals surface area contributed by atoms with Gasteiger partial charge >= 0.3 is 0 Å². The summed E-state index contributed by atoms with van der Waals surface area (Å²) in [4.78, 5) is 0. The minimum Gasteiger partial charge on any atom is -0.399 e. The van der Waals surface area contributed by atoms with Gasteiger partial charge in [0.2, 0.25) is 0 Å². The molecule has 0 amide bonds. The van der Waals surface area contributed by atoms with Crippen molar-refractivity contribution in [3.05, 3.63) is 29.8 Å². The second-order valence-electron chi connectivity index (χ2n) is 1.86. The van der Waals surface area contributed by atoms with Crippen LogP contribution < -0.4 is 5.73 Å². The van der Waals surface area contributed by atoms with Gasteiger partial charge in [-0.15, -0.1) is 0 Å². The molecule has 0 radical (unpaired) electrons. The Morgan fingerprint density at radius 1 is 1.22 bits per heavy atom. The number of para-hydroxylation sites is 1. The van der Waals surface area contributed by atoms with Gasteiger partial charge in [0.25, 0.3) is 0 Å². The minimum atomic E-state index is 0. The Balaban J connectivity index is 0.000000640. The van der Waals surface area contributed by atoms with Gasteiger partial charge in [0.05, 0.1) is 0 Å². The molecule has 0 bridgehead atoms. The van der Waals surface area contributed by atoms with Gasteiger partial charge in [-0.05, 0) is 18.6 Å². The molecule has 0 fully saturated rings. The molecule has 0 atom stereocenters. The predicted octanol–water partition coefficient (Wildman–Crippen LogP) is 1.57. The third kappa shape index (κ3) is 2.09. The number of nitrogens with two attached hydrogens (primary N) is 1. The van der Waals surface area contributed by atoms with Crippen molar-refractivity contribution >= 4 is 5.69 Å². The molecule has 1 rings (SSSR count). The fraction of sp³-hybridized carbons (Fsp3) is 0.143. The molecule has 2 heteroatoms. The van der Waals surface area contributed by atoms with Gasteiger partial charge in [-0.1, -0.05) is 18.2 Å². The van der Waals surface area contributed by atoms with E-state index in [1.165, 1.54) is 0 Å². The zero-order valence-corrected chi connectivity index (χ0v) is 6.57. The smallest absolute Gasteiger partial charge is 0.0343 e. The molecule has 1 aromatic carbocycles. The fourth-order valence-corrected chi connectivity index (χ4v) is 0.587. The number of nitrogen functional groups attached to an aromatic ring is 1. The second-order valence-corrected chi connectivity index (χ2v) is 1.86. The molecule has 1 aromatic rings. The van der Waals surface area contributed by atoms with Crippen molar-refractivity contribution in [1.29, 1.82) is 0 Å². The van der Waals surface area contributed by atoms with Crippen LogP contribution in [0.1, 0.15) is 5.56 Å². The van der Waals surface area contributed by atoms with Crippen molar-refractivity contribution in [3.8, 4) is 0 Å². The molecular weight excluding hydrogens is 150 g/mol. The molecule has 0 aliphatic carbocycles.